The summed E-state index contributed by atoms with van der Waals surface area (Å²) in [5.74, 6) is -2.83. The highest BCUT2D eigenvalue weighted by molar-refractivity contribution is 5.95. The molecule has 0 bridgehead atoms. The molecule has 0 aromatic heterocycles. The molecule has 1 aromatic carbocycles. The van der Waals surface area contributed by atoms with Crippen LogP contribution in [-0.4, -0.2) is 60.6 Å². The van der Waals surface area contributed by atoms with E-state index in [1.54, 1.807) is 20.8 Å². The summed E-state index contributed by atoms with van der Waals surface area (Å²) < 4.78 is 23.8. The van der Waals surface area contributed by atoms with Gasteiger partial charge in [-0.25, -0.2) is 9.18 Å². The van der Waals surface area contributed by atoms with E-state index in [0.29, 0.717) is 25.1 Å². The minimum atomic E-state index is -0.647. The molecule has 1 saturated heterocycles. The van der Waals surface area contributed by atoms with Gasteiger partial charge >= 0.3 is 12.1 Å². The van der Waals surface area contributed by atoms with Crippen LogP contribution in [0.25, 0.3) is 0 Å². The number of nitrogens with two attached hydrogens (primary N) is 1. The van der Waals surface area contributed by atoms with E-state index in [1.165, 1.54) is 34.1 Å². The third-order valence-electron chi connectivity index (χ3n) is 4.77. The van der Waals surface area contributed by atoms with Crippen molar-refractivity contribution in [2.45, 2.75) is 45.6 Å². The van der Waals surface area contributed by atoms with E-state index in [-0.39, 0.29) is 19.5 Å². The molecule has 1 atom stereocenters. The van der Waals surface area contributed by atoms with Gasteiger partial charge in [0.2, 0.25) is 5.91 Å². The third kappa shape index (κ3) is 7.82. The van der Waals surface area contributed by atoms with Gasteiger partial charge in [-0.2, -0.15) is 0 Å². The molecule has 0 saturated carbocycles. The van der Waals surface area contributed by atoms with Crippen molar-refractivity contribution in [2.24, 2.45) is 11.7 Å². The number of hydrogen-bond donors (Lipinski definition) is 1. The number of halogens is 1. The highest BCUT2D eigenvalue weighted by Gasteiger charge is 2.32. The number of carbonyl (C=O) groups excluding carboxylic acids is 4. The SMILES string of the molecule is CC(C)(C)OC(=O)N1CCCC(C(=O)OCC(=O)N(CCC(N)=O)c2ccc(F)cc2)C1. The van der Waals surface area contributed by atoms with E-state index < -0.39 is 47.8 Å². The number of nitrogens with zero attached hydrogens (tertiary/aromatic N) is 2. The van der Waals surface area contributed by atoms with Crippen LogP contribution >= 0.6 is 0 Å². The molecule has 1 aliphatic heterocycles. The number of ether oxygens (including phenoxy) is 2. The Labute approximate surface area is 186 Å². The Bertz CT molecular complexity index is 837. The molecule has 1 fully saturated rings. The first kappa shape index (κ1) is 25.1. The smallest absolute Gasteiger partial charge is 0.410 e. The van der Waals surface area contributed by atoms with Crippen molar-refractivity contribution in [1.29, 1.82) is 0 Å². The maximum Gasteiger partial charge on any atom is 0.410 e. The van der Waals surface area contributed by atoms with Crippen LogP contribution in [0.15, 0.2) is 24.3 Å². The molecule has 0 aliphatic carbocycles. The predicted molar refractivity (Wildman–Crippen MR) is 114 cm³/mol. The second kappa shape index (κ2) is 10.9. The van der Waals surface area contributed by atoms with Crippen LogP contribution in [0.5, 0.6) is 0 Å². The first-order valence-electron chi connectivity index (χ1n) is 10.4. The number of hydrogen-bond acceptors (Lipinski definition) is 6. The van der Waals surface area contributed by atoms with Gasteiger partial charge in [0.15, 0.2) is 6.61 Å². The molecule has 1 aliphatic rings. The van der Waals surface area contributed by atoms with E-state index in [1.807, 2.05) is 0 Å². The zero-order valence-corrected chi connectivity index (χ0v) is 18.6. The minimum Gasteiger partial charge on any atom is -0.455 e. The monoisotopic (exact) mass is 451 g/mol. The first-order valence-corrected chi connectivity index (χ1v) is 10.4. The van der Waals surface area contributed by atoms with Gasteiger partial charge in [-0.05, 0) is 57.9 Å². The molecule has 1 unspecified atom stereocenters. The molecule has 2 rings (SSSR count). The van der Waals surface area contributed by atoms with Crippen molar-refractivity contribution >= 4 is 29.6 Å². The van der Waals surface area contributed by atoms with Crippen LogP contribution in [0.1, 0.15) is 40.0 Å². The second-order valence-corrected chi connectivity index (χ2v) is 8.61. The van der Waals surface area contributed by atoms with Gasteiger partial charge in [0, 0.05) is 31.7 Å². The maximum absolute atomic E-state index is 13.2. The minimum absolute atomic E-state index is 0.0345. The molecule has 1 heterocycles. The van der Waals surface area contributed by atoms with Crippen molar-refractivity contribution in [2.75, 3.05) is 31.1 Å². The van der Waals surface area contributed by atoms with Crippen molar-refractivity contribution < 1.29 is 33.0 Å². The topological polar surface area (TPSA) is 119 Å². The van der Waals surface area contributed by atoms with Gasteiger partial charge in [0.25, 0.3) is 5.91 Å². The molecule has 0 radical (unpaired) electrons. The summed E-state index contributed by atoms with van der Waals surface area (Å²) in [4.78, 5) is 51.3. The third-order valence-corrected chi connectivity index (χ3v) is 4.77. The average molecular weight is 451 g/mol. The highest BCUT2D eigenvalue weighted by atomic mass is 19.1. The van der Waals surface area contributed by atoms with Crippen molar-refractivity contribution in [3.63, 3.8) is 0 Å². The first-order chi connectivity index (χ1) is 15.0. The molecule has 3 amide bonds. The fraction of sp³-hybridized carbons (Fsp3) is 0.545. The summed E-state index contributed by atoms with van der Waals surface area (Å²) >= 11 is 0. The zero-order valence-electron chi connectivity index (χ0n) is 18.6. The number of piperidine rings is 1. The fourth-order valence-corrected chi connectivity index (χ4v) is 3.23. The number of anilines is 1. The molecule has 1 aromatic rings. The Hall–Kier alpha value is -3.17. The Morgan fingerprint density at radius 2 is 1.84 bits per heavy atom. The summed E-state index contributed by atoms with van der Waals surface area (Å²) in [7, 11) is 0. The Balaban J connectivity index is 1.96. The largest absolute Gasteiger partial charge is 0.455 e. The lowest BCUT2D eigenvalue weighted by atomic mass is 9.98. The molecule has 176 valence electrons. The Morgan fingerprint density at radius 3 is 2.44 bits per heavy atom. The summed E-state index contributed by atoms with van der Waals surface area (Å²) in [6, 6.07) is 5.13. The molecule has 9 nitrogen and oxygen atoms in total. The number of esters is 1. The lowest BCUT2D eigenvalue weighted by Gasteiger charge is -2.33. The normalized spacial score (nSPS) is 16.2. The van der Waals surface area contributed by atoms with Gasteiger partial charge in [0.1, 0.15) is 11.4 Å². The van der Waals surface area contributed by atoms with E-state index in [9.17, 15) is 23.6 Å². The number of likely N-dealkylation sites (tertiary alicyclic amines) is 1. The van der Waals surface area contributed by atoms with E-state index in [0.717, 1.165) is 0 Å². The van der Waals surface area contributed by atoms with Crippen molar-refractivity contribution in [1.82, 2.24) is 4.90 Å². The van der Waals surface area contributed by atoms with Crippen LogP contribution in [0.4, 0.5) is 14.9 Å². The average Bonchev–Trinajstić information content (AvgIpc) is 2.72. The number of primary amides is 1. The number of carbonyl (C=O) groups is 4. The van der Waals surface area contributed by atoms with Crippen molar-refractivity contribution in [3.05, 3.63) is 30.1 Å². The standard InChI is InChI=1S/C22H30FN3O6/c1-22(2,3)32-21(30)25-11-4-5-15(13-25)20(29)31-14-19(28)26(12-10-18(24)27)17-8-6-16(23)7-9-17/h6-9,15H,4-5,10-14H2,1-3H3,(H2,24,27). The van der Waals surface area contributed by atoms with E-state index in [4.69, 9.17) is 15.2 Å². The fourth-order valence-electron chi connectivity index (χ4n) is 3.23. The van der Waals surface area contributed by atoms with Gasteiger partial charge in [-0.3, -0.25) is 14.4 Å². The van der Waals surface area contributed by atoms with Gasteiger partial charge < -0.3 is 25.0 Å². The van der Waals surface area contributed by atoms with Gasteiger partial charge in [-0.1, -0.05) is 0 Å². The molecule has 32 heavy (non-hydrogen) atoms. The predicted octanol–water partition coefficient (Wildman–Crippen LogP) is 2.22. The molecular weight excluding hydrogens is 421 g/mol. The van der Waals surface area contributed by atoms with Gasteiger partial charge in [0.05, 0.1) is 5.92 Å². The van der Waals surface area contributed by atoms with E-state index >= 15 is 0 Å². The summed E-state index contributed by atoms with van der Waals surface area (Å²) in [6.07, 6.45) is 0.521. The van der Waals surface area contributed by atoms with Crippen LogP contribution in [-0.2, 0) is 23.9 Å². The molecular formula is C22H30FN3O6. The van der Waals surface area contributed by atoms with Crippen LogP contribution in [0.2, 0.25) is 0 Å². The summed E-state index contributed by atoms with van der Waals surface area (Å²) in [5.41, 5.74) is 4.88. The lowest BCUT2D eigenvalue weighted by Crippen LogP contribution is -2.45. The number of benzene rings is 1. The maximum atomic E-state index is 13.2. The van der Waals surface area contributed by atoms with E-state index in [2.05, 4.69) is 0 Å². The molecule has 2 N–H and O–H groups in total. The molecule has 10 heteroatoms. The summed E-state index contributed by atoms with van der Waals surface area (Å²) in [6.45, 7) is 5.31. The van der Waals surface area contributed by atoms with Gasteiger partial charge in [-0.15, -0.1) is 0 Å². The second-order valence-electron chi connectivity index (χ2n) is 8.61. The van der Waals surface area contributed by atoms with Crippen LogP contribution < -0.4 is 10.6 Å². The quantitative estimate of drug-likeness (QED) is 0.635. The van der Waals surface area contributed by atoms with Crippen molar-refractivity contribution in [3.8, 4) is 0 Å². The van der Waals surface area contributed by atoms with Crippen LogP contribution in [0, 0.1) is 11.7 Å². The number of amides is 3. The summed E-state index contributed by atoms with van der Waals surface area (Å²) in [5, 5.41) is 0. The zero-order chi connectivity index (χ0) is 23.9. The Morgan fingerprint density at radius 1 is 1.19 bits per heavy atom. The van der Waals surface area contributed by atoms with Crippen LogP contribution in [0.3, 0.4) is 0 Å². The number of rotatable bonds is 7. The Kier molecular flexibility index (Phi) is 8.56. The lowest BCUT2D eigenvalue weighted by molar-refractivity contribution is -0.153. The highest BCUT2D eigenvalue weighted by Crippen LogP contribution is 2.21. The molecule has 0 spiro atoms.